The van der Waals surface area contributed by atoms with E-state index in [2.05, 4.69) is 36.4 Å². The molecule has 1 aliphatic heterocycles. The van der Waals surface area contributed by atoms with Crippen molar-refractivity contribution >= 4 is 22.6 Å². The Balaban J connectivity index is 1.46. The van der Waals surface area contributed by atoms with Gasteiger partial charge in [-0.25, -0.2) is 0 Å². The fourth-order valence-electron chi connectivity index (χ4n) is 4.00. The smallest absolute Gasteiger partial charge is 0.226 e. The van der Waals surface area contributed by atoms with Crippen molar-refractivity contribution in [1.82, 2.24) is 4.90 Å². The van der Waals surface area contributed by atoms with Crippen LogP contribution in [-0.2, 0) is 9.59 Å². The number of carbonyl (C=O) groups excluding carboxylic acids is 2. The number of hydrogen-bond donors (Lipinski definition) is 1. The first-order valence-corrected chi connectivity index (χ1v) is 8.71. The van der Waals surface area contributed by atoms with Crippen LogP contribution < -0.4 is 5.73 Å². The molecule has 1 saturated carbocycles. The first-order valence-electron chi connectivity index (χ1n) is 8.71. The molecule has 2 aromatic carbocycles. The molecule has 2 N–H and O–H groups in total. The molecule has 0 unspecified atom stereocenters. The molecule has 4 rings (SSSR count). The fraction of sp³-hybridized carbons (Fsp3) is 0.400. The van der Waals surface area contributed by atoms with E-state index in [1.165, 1.54) is 16.3 Å². The van der Waals surface area contributed by atoms with Crippen molar-refractivity contribution in [2.24, 2.45) is 17.6 Å². The predicted octanol–water partition coefficient (Wildman–Crippen LogP) is 2.67. The van der Waals surface area contributed by atoms with Crippen LogP contribution in [0.1, 0.15) is 30.7 Å². The van der Waals surface area contributed by atoms with Gasteiger partial charge in [0.05, 0.1) is 0 Å². The number of amides is 2. The van der Waals surface area contributed by atoms with Crippen LogP contribution in [0.5, 0.6) is 0 Å². The number of likely N-dealkylation sites (tertiary alicyclic amines) is 1. The highest BCUT2D eigenvalue weighted by atomic mass is 16.2. The van der Waals surface area contributed by atoms with Gasteiger partial charge in [0.15, 0.2) is 0 Å². The largest absolute Gasteiger partial charge is 0.369 e. The summed E-state index contributed by atoms with van der Waals surface area (Å²) >= 11 is 0. The maximum Gasteiger partial charge on any atom is 0.226 e. The highest BCUT2D eigenvalue weighted by Crippen LogP contribution is 2.50. The van der Waals surface area contributed by atoms with Crippen molar-refractivity contribution in [3.63, 3.8) is 0 Å². The Morgan fingerprint density at radius 1 is 1.00 bits per heavy atom. The van der Waals surface area contributed by atoms with Crippen LogP contribution in [0.3, 0.4) is 0 Å². The van der Waals surface area contributed by atoms with Gasteiger partial charge < -0.3 is 10.6 Å². The molecule has 0 spiro atoms. The quantitative estimate of drug-likeness (QED) is 0.944. The van der Waals surface area contributed by atoms with E-state index in [4.69, 9.17) is 5.73 Å². The number of primary amides is 1. The maximum absolute atomic E-state index is 12.8. The third kappa shape index (κ3) is 2.66. The van der Waals surface area contributed by atoms with Crippen molar-refractivity contribution in [2.75, 3.05) is 13.1 Å². The second-order valence-corrected chi connectivity index (χ2v) is 7.02. The van der Waals surface area contributed by atoms with Gasteiger partial charge in [0.2, 0.25) is 11.8 Å². The van der Waals surface area contributed by atoms with Crippen LogP contribution in [0.25, 0.3) is 10.8 Å². The van der Waals surface area contributed by atoms with E-state index >= 15 is 0 Å². The lowest BCUT2D eigenvalue weighted by molar-refractivity contribution is -0.136. The molecule has 0 radical (unpaired) electrons. The first-order chi connectivity index (χ1) is 11.6. The molecule has 1 saturated heterocycles. The number of rotatable bonds is 3. The molecule has 4 nitrogen and oxygen atoms in total. The van der Waals surface area contributed by atoms with Crippen LogP contribution in [-0.4, -0.2) is 29.8 Å². The van der Waals surface area contributed by atoms with E-state index < -0.39 is 0 Å². The van der Waals surface area contributed by atoms with E-state index in [9.17, 15) is 9.59 Å². The minimum atomic E-state index is -0.234. The molecule has 1 heterocycles. The normalized spacial score (nSPS) is 24.1. The zero-order valence-electron chi connectivity index (χ0n) is 13.7. The second-order valence-electron chi connectivity index (χ2n) is 7.02. The zero-order valence-corrected chi connectivity index (χ0v) is 13.7. The van der Waals surface area contributed by atoms with E-state index in [1.807, 2.05) is 11.0 Å². The molecular formula is C20H22N2O2. The van der Waals surface area contributed by atoms with Gasteiger partial charge in [-0.15, -0.1) is 0 Å². The zero-order chi connectivity index (χ0) is 16.7. The summed E-state index contributed by atoms with van der Waals surface area (Å²) < 4.78 is 0. The van der Waals surface area contributed by atoms with E-state index in [0.29, 0.717) is 31.8 Å². The summed E-state index contributed by atoms with van der Waals surface area (Å²) in [5.74, 6) is 0.374. The van der Waals surface area contributed by atoms with Crippen LogP contribution >= 0.6 is 0 Å². The van der Waals surface area contributed by atoms with Crippen molar-refractivity contribution in [3.8, 4) is 0 Å². The topological polar surface area (TPSA) is 63.4 Å². The monoisotopic (exact) mass is 322 g/mol. The molecule has 124 valence electrons. The third-order valence-corrected chi connectivity index (χ3v) is 5.54. The van der Waals surface area contributed by atoms with E-state index in [0.717, 1.165) is 6.42 Å². The van der Waals surface area contributed by atoms with Crippen LogP contribution in [0, 0.1) is 11.8 Å². The summed E-state index contributed by atoms with van der Waals surface area (Å²) in [5, 5.41) is 2.49. The molecule has 2 aliphatic rings. The molecule has 24 heavy (non-hydrogen) atoms. The van der Waals surface area contributed by atoms with Crippen molar-refractivity contribution < 1.29 is 9.59 Å². The molecule has 0 aromatic heterocycles. The number of piperidine rings is 1. The number of hydrogen-bond acceptors (Lipinski definition) is 2. The Morgan fingerprint density at radius 2 is 1.71 bits per heavy atom. The Morgan fingerprint density at radius 3 is 2.46 bits per heavy atom. The standard InChI is InChI=1S/C20H22N2O2/c21-19(23)14-8-10-22(11-9-14)20(24)18-12-17(18)16-7-3-5-13-4-1-2-6-15(13)16/h1-7,14,17-18H,8-12H2,(H2,21,23)/t17-,18-/m1/s1. The van der Waals surface area contributed by atoms with Gasteiger partial charge in [-0.3, -0.25) is 9.59 Å². The van der Waals surface area contributed by atoms with Gasteiger partial charge in [0.1, 0.15) is 0 Å². The number of fused-ring (bicyclic) bond motifs is 1. The molecule has 0 bridgehead atoms. The van der Waals surface area contributed by atoms with Crippen LogP contribution in [0.4, 0.5) is 0 Å². The Kier molecular flexibility index (Phi) is 3.75. The van der Waals surface area contributed by atoms with E-state index in [1.54, 1.807) is 0 Å². The average molecular weight is 322 g/mol. The van der Waals surface area contributed by atoms with Gasteiger partial charge >= 0.3 is 0 Å². The van der Waals surface area contributed by atoms with Gasteiger partial charge in [0, 0.05) is 24.9 Å². The molecule has 2 aromatic rings. The van der Waals surface area contributed by atoms with Gasteiger partial charge in [-0.05, 0) is 41.5 Å². The van der Waals surface area contributed by atoms with Crippen molar-refractivity contribution in [3.05, 3.63) is 48.0 Å². The van der Waals surface area contributed by atoms with Crippen molar-refractivity contribution in [1.29, 1.82) is 0 Å². The Bertz CT molecular complexity index is 788. The fourth-order valence-corrected chi connectivity index (χ4v) is 4.00. The lowest BCUT2D eigenvalue weighted by Gasteiger charge is -2.30. The third-order valence-electron chi connectivity index (χ3n) is 5.54. The molecule has 2 amide bonds. The van der Waals surface area contributed by atoms with Gasteiger partial charge in [0.25, 0.3) is 0 Å². The first kappa shape index (κ1) is 15.2. The lowest BCUT2D eigenvalue weighted by Crippen LogP contribution is -2.42. The van der Waals surface area contributed by atoms with Gasteiger partial charge in [-0.1, -0.05) is 42.5 Å². The average Bonchev–Trinajstić information content (AvgIpc) is 3.41. The molecule has 4 heteroatoms. The highest BCUT2D eigenvalue weighted by Gasteiger charge is 2.46. The maximum atomic E-state index is 12.8. The summed E-state index contributed by atoms with van der Waals surface area (Å²) in [6.07, 6.45) is 2.34. The number of carbonyl (C=O) groups is 2. The van der Waals surface area contributed by atoms with Crippen LogP contribution in [0.15, 0.2) is 42.5 Å². The Hall–Kier alpha value is -2.36. The minimum Gasteiger partial charge on any atom is -0.369 e. The van der Waals surface area contributed by atoms with Gasteiger partial charge in [-0.2, -0.15) is 0 Å². The number of nitrogens with two attached hydrogens (primary N) is 1. The van der Waals surface area contributed by atoms with Crippen molar-refractivity contribution in [2.45, 2.75) is 25.2 Å². The summed E-state index contributed by atoms with van der Waals surface area (Å²) in [6.45, 7) is 1.32. The summed E-state index contributed by atoms with van der Waals surface area (Å²) in [7, 11) is 0. The summed E-state index contributed by atoms with van der Waals surface area (Å²) in [4.78, 5) is 25.9. The number of benzene rings is 2. The van der Waals surface area contributed by atoms with E-state index in [-0.39, 0.29) is 23.7 Å². The lowest BCUT2D eigenvalue weighted by atomic mass is 9.95. The molecule has 2 fully saturated rings. The molecular weight excluding hydrogens is 300 g/mol. The SMILES string of the molecule is NC(=O)C1CCN(C(=O)[C@@H]2C[C@@H]2c2cccc3ccccc23)CC1. The Labute approximate surface area is 141 Å². The highest BCUT2D eigenvalue weighted by molar-refractivity contribution is 5.89. The number of nitrogens with zero attached hydrogens (tertiary/aromatic N) is 1. The molecule has 2 atom stereocenters. The van der Waals surface area contributed by atoms with Crippen LogP contribution in [0.2, 0.25) is 0 Å². The molecule has 1 aliphatic carbocycles. The second kappa shape index (κ2) is 5.93. The summed E-state index contributed by atoms with van der Waals surface area (Å²) in [6, 6.07) is 14.7. The predicted molar refractivity (Wildman–Crippen MR) is 93.3 cm³/mol. The minimum absolute atomic E-state index is 0.0675. The summed E-state index contributed by atoms with van der Waals surface area (Å²) in [5.41, 5.74) is 6.66.